The van der Waals surface area contributed by atoms with Gasteiger partial charge in [-0.25, -0.2) is 15.0 Å². The van der Waals surface area contributed by atoms with E-state index in [0.29, 0.717) is 24.6 Å². The lowest BCUT2D eigenvalue weighted by Crippen LogP contribution is -2.31. The van der Waals surface area contributed by atoms with Crippen LogP contribution in [-0.2, 0) is 17.8 Å². The number of rotatable bonds is 5. The first-order valence-electron chi connectivity index (χ1n) is 12.5. The summed E-state index contributed by atoms with van der Waals surface area (Å²) in [7, 11) is 0. The van der Waals surface area contributed by atoms with Gasteiger partial charge >= 0.3 is 0 Å². The van der Waals surface area contributed by atoms with Crippen LogP contribution in [0.5, 0.6) is 0 Å². The zero-order valence-corrected chi connectivity index (χ0v) is 21.2. The molecule has 1 atom stereocenters. The number of nitrogens with zero attached hydrogens (tertiary/aromatic N) is 5. The second-order valence-electron chi connectivity index (χ2n) is 9.61. The molecule has 0 fully saturated rings. The molecule has 188 valence electrons. The van der Waals surface area contributed by atoms with Crippen LogP contribution >= 0.6 is 0 Å². The summed E-state index contributed by atoms with van der Waals surface area (Å²) in [5.41, 5.74) is 14.4. The molecule has 8 nitrogen and oxygen atoms in total. The number of imidazole rings is 1. The van der Waals surface area contributed by atoms with Crippen molar-refractivity contribution in [3.63, 3.8) is 0 Å². The molecule has 0 saturated carbocycles. The number of aromatic nitrogens is 5. The smallest absolute Gasteiger partial charge is 0.227 e. The Hall–Kier alpha value is -4.85. The van der Waals surface area contributed by atoms with Crippen LogP contribution in [0.2, 0.25) is 0 Å². The van der Waals surface area contributed by atoms with Crippen LogP contribution in [0.25, 0.3) is 34.3 Å². The number of nitrogen functional groups attached to an aromatic ring is 1. The summed E-state index contributed by atoms with van der Waals surface area (Å²) in [4.78, 5) is 31.2. The first-order valence-corrected chi connectivity index (χ1v) is 12.5. The van der Waals surface area contributed by atoms with E-state index in [1.54, 1.807) is 6.20 Å². The number of hydrogen-bond donors (Lipinski definition) is 2. The minimum Gasteiger partial charge on any atom is -0.383 e. The van der Waals surface area contributed by atoms with E-state index >= 15 is 0 Å². The number of carbonyl (C=O) groups is 1. The lowest BCUT2D eigenvalue weighted by molar-refractivity contribution is -0.123. The fourth-order valence-electron chi connectivity index (χ4n) is 4.80. The van der Waals surface area contributed by atoms with Crippen LogP contribution < -0.4 is 11.1 Å². The van der Waals surface area contributed by atoms with Gasteiger partial charge in [0.15, 0.2) is 11.5 Å². The molecule has 1 aliphatic rings. The standard InChI is InChI=1S/C30H27N7O/c1-18-14-26-29(33-16-18)37(28(36-26)24-4-3-13-32-27(24)31)23-10-6-20(7-11-23)17-34-30(38)22-9-12-25-21(15-22)8-5-19(2)35-25/h3-14,16,22H,15,17H2,1-2H3,(H2,31,32)(H,34,38). The van der Waals surface area contributed by atoms with Gasteiger partial charge in [-0.15, -0.1) is 0 Å². The third-order valence-corrected chi connectivity index (χ3v) is 6.79. The molecule has 0 spiro atoms. The van der Waals surface area contributed by atoms with Gasteiger partial charge in [-0.1, -0.05) is 24.3 Å². The van der Waals surface area contributed by atoms with Crippen LogP contribution in [0.4, 0.5) is 5.82 Å². The summed E-state index contributed by atoms with van der Waals surface area (Å²) in [5, 5.41) is 3.08. The highest BCUT2D eigenvalue weighted by Gasteiger charge is 2.21. The molecule has 0 saturated heterocycles. The molecular formula is C30H27N7O. The number of aryl methyl sites for hydroxylation is 2. The Labute approximate surface area is 220 Å². The van der Waals surface area contributed by atoms with E-state index in [9.17, 15) is 4.79 Å². The van der Waals surface area contributed by atoms with E-state index in [4.69, 9.17) is 10.7 Å². The van der Waals surface area contributed by atoms with E-state index in [0.717, 1.165) is 50.5 Å². The highest BCUT2D eigenvalue weighted by atomic mass is 16.1. The fourth-order valence-corrected chi connectivity index (χ4v) is 4.80. The molecule has 8 heteroatoms. The zero-order valence-electron chi connectivity index (χ0n) is 21.2. The van der Waals surface area contributed by atoms with Crippen molar-refractivity contribution in [2.24, 2.45) is 5.92 Å². The number of amides is 1. The molecule has 6 rings (SSSR count). The molecular weight excluding hydrogens is 474 g/mol. The average Bonchev–Trinajstić information content (AvgIpc) is 3.30. The quantitative estimate of drug-likeness (QED) is 0.365. The van der Waals surface area contributed by atoms with Gasteiger partial charge in [0.25, 0.3) is 0 Å². The molecule has 0 aliphatic heterocycles. The second-order valence-corrected chi connectivity index (χ2v) is 9.61. The minimum absolute atomic E-state index is 0.00561. The van der Waals surface area contributed by atoms with Crippen molar-refractivity contribution in [2.45, 2.75) is 26.8 Å². The minimum atomic E-state index is -0.203. The third kappa shape index (κ3) is 4.41. The molecule has 1 unspecified atom stereocenters. The first-order chi connectivity index (χ1) is 18.5. The Kier molecular flexibility index (Phi) is 5.92. The van der Waals surface area contributed by atoms with Crippen LogP contribution in [0.1, 0.15) is 28.1 Å². The number of fused-ring (bicyclic) bond motifs is 2. The lowest BCUT2D eigenvalue weighted by Gasteiger charge is -2.19. The van der Waals surface area contributed by atoms with E-state index in [-0.39, 0.29) is 11.8 Å². The number of hydrogen-bond acceptors (Lipinski definition) is 6. The Morgan fingerprint density at radius 2 is 1.92 bits per heavy atom. The number of nitrogens with one attached hydrogen (secondary N) is 1. The maximum absolute atomic E-state index is 12.9. The molecule has 38 heavy (non-hydrogen) atoms. The van der Waals surface area contributed by atoms with E-state index in [1.165, 1.54) is 0 Å². The van der Waals surface area contributed by atoms with Gasteiger partial charge in [-0.2, -0.15) is 0 Å². The molecule has 0 bridgehead atoms. The van der Waals surface area contributed by atoms with Crippen LogP contribution in [0.15, 0.2) is 73.1 Å². The predicted octanol–water partition coefficient (Wildman–Crippen LogP) is 4.58. The zero-order chi connectivity index (χ0) is 26.2. The second kappa shape index (κ2) is 9.55. The highest BCUT2D eigenvalue weighted by Crippen LogP contribution is 2.30. The first kappa shape index (κ1) is 23.5. The summed E-state index contributed by atoms with van der Waals surface area (Å²) in [6.07, 6.45) is 8.04. The van der Waals surface area contributed by atoms with Gasteiger partial charge in [-0.05, 0) is 79.4 Å². The van der Waals surface area contributed by atoms with Crippen molar-refractivity contribution in [2.75, 3.05) is 5.73 Å². The van der Waals surface area contributed by atoms with Crippen molar-refractivity contribution in [3.8, 4) is 17.1 Å². The van der Waals surface area contributed by atoms with E-state index in [1.807, 2.05) is 85.3 Å². The molecule has 1 aliphatic carbocycles. The normalized spacial score (nSPS) is 14.4. The molecule has 1 amide bonds. The third-order valence-electron chi connectivity index (χ3n) is 6.79. The van der Waals surface area contributed by atoms with Gasteiger partial charge in [0.2, 0.25) is 5.91 Å². The molecule has 1 aromatic carbocycles. The van der Waals surface area contributed by atoms with E-state index in [2.05, 4.69) is 26.3 Å². The Bertz CT molecular complexity index is 1700. The topological polar surface area (TPSA) is 112 Å². The van der Waals surface area contributed by atoms with Crippen molar-refractivity contribution in [3.05, 3.63) is 101 Å². The number of anilines is 1. The Morgan fingerprint density at radius 3 is 2.74 bits per heavy atom. The summed E-state index contributed by atoms with van der Waals surface area (Å²) >= 11 is 0. The van der Waals surface area contributed by atoms with Crippen molar-refractivity contribution in [1.82, 2.24) is 29.8 Å². The van der Waals surface area contributed by atoms with Gasteiger partial charge in [-0.3, -0.25) is 14.3 Å². The van der Waals surface area contributed by atoms with E-state index < -0.39 is 0 Å². The number of carbonyl (C=O) groups excluding carboxylic acids is 1. The average molecular weight is 502 g/mol. The molecule has 4 heterocycles. The van der Waals surface area contributed by atoms with Crippen LogP contribution in [0.3, 0.4) is 0 Å². The van der Waals surface area contributed by atoms with Gasteiger partial charge < -0.3 is 11.1 Å². The summed E-state index contributed by atoms with van der Waals surface area (Å²) in [6.45, 7) is 4.40. The SMILES string of the molecule is Cc1cnc2c(c1)nc(-c1cccnc1N)n2-c1ccc(CNC(=O)C2C=Cc3nc(C)ccc3C2)cc1. The maximum atomic E-state index is 12.9. The van der Waals surface area contributed by atoms with Gasteiger partial charge in [0, 0.05) is 30.3 Å². The molecule has 4 aromatic heterocycles. The molecule has 0 radical (unpaired) electrons. The lowest BCUT2D eigenvalue weighted by atomic mass is 9.91. The van der Waals surface area contributed by atoms with Crippen LogP contribution in [-0.4, -0.2) is 30.4 Å². The number of pyridine rings is 3. The highest BCUT2D eigenvalue weighted by molar-refractivity contribution is 5.84. The maximum Gasteiger partial charge on any atom is 0.227 e. The van der Waals surface area contributed by atoms with Crippen molar-refractivity contribution >= 4 is 29.0 Å². The van der Waals surface area contributed by atoms with Crippen molar-refractivity contribution < 1.29 is 4.79 Å². The summed E-state index contributed by atoms with van der Waals surface area (Å²) in [5.74, 6) is 0.890. The number of benzene rings is 1. The largest absolute Gasteiger partial charge is 0.383 e. The Morgan fingerprint density at radius 1 is 1.08 bits per heavy atom. The molecule has 3 N–H and O–H groups in total. The summed E-state index contributed by atoms with van der Waals surface area (Å²) < 4.78 is 1.99. The van der Waals surface area contributed by atoms with Crippen LogP contribution in [0, 0.1) is 19.8 Å². The fraction of sp³-hybridized carbons (Fsp3) is 0.167. The van der Waals surface area contributed by atoms with Gasteiger partial charge in [0.1, 0.15) is 11.3 Å². The van der Waals surface area contributed by atoms with Gasteiger partial charge in [0.05, 0.1) is 17.2 Å². The monoisotopic (exact) mass is 501 g/mol. The molecule has 5 aromatic rings. The summed E-state index contributed by atoms with van der Waals surface area (Å²) in [6, 6.07) is 17.8. The Balaban J connectivity index is 1.23. The van der Waals surface area contributed by atoms with Crippen molar-refractivity contribution in [1.29, 1.82) is 0 Å². The predicted molar refractivity (Wildman–Crippen MR) is 148 cm³/mol. The number of nitrogens with two attached hydrogens (primary N) is 1.